The summed E-state index contributed by atoms with van der Waals surface area (Å²) in [6.07, 6.45) is 9.23. The van der Waals surface area contributed by atoms with Crippen molar-refractivity contribution in [2.75, 3.05) is 6.54 Å². The van der Waals surface area contributed by atoms with Gasteiger partial charge in [0.15, 0.2) is 5.82 Å². The predicted octanol–water partition coefficient (Wildman–Crippen LogP) is 3.06. The number of amides is 1. The molecule has 25 heavy (non-hydrogen) atoms. The van der Waals surface area contributed by atoms with Crippen LogP contribution in [0.2, 0.25) is 0 Å². The minimum atomic E-state index is 0.0792. The van der Waals surface area contributed by atoms with Crippen LogP contribution in [-0.2, 0) is 17.8 Å². The van der Waals surface area contributed by atoms with Gasteiger partial charge in [-0.3, -0.25) is 4.79 Å². The second-order valence-corrected chi connectivity index (χ2v) is 7.59. The summed E-state index contributed by atoms with van der Waals surface area (Å²) in [5, 5.41) is 8.91. The first kappa shape index (κ1) is 15.2. The minimum Gasteiger partial charge on any atom is -0.469 e. The zero-order valence-electron chi connectivity index (χ0n) is 14.4. The van der Waals surface area contributed by atoms with Gasteiger partial charge in [-0.2, -0.15) is 0 Å². The molecule has 1 aliphatic carbocycles. The molecule has 0 radical (unpaired) electrons. The average Bonchev–Trinajstić information content (AvgIpc) is 3.08. The SMILES string of the molecule is O=C([C@@H]1C[C@@H]1c1ccco1)N1CCCC[C@@H]1c1nnc2n1CCCC2. The highest BCUT2D eigenvalue weighted by atomic mass is 16.3. The highest BCUT2D eigenvalue weighted by Gasteiger charge is 2.49. The van der Waals surface area contributed by atoms with Gasteiger partial charge in [0, 0.05) is 31.3 Å². The minimum absolute atomic E-state index is 0.0792. The molecule has 0 spiro atoms. The van der Waals surface area contributed by atoms with Gasteiger partial charge >= 0.3 is 0 Å². The van der Waals surface area contributed by atoms with Crippen molar-refractivity contribution >= 4 is 5.91 Å². The van der Waals surface area contributed by atoms with Crippen LogP contribution in [0.1, 0.15) is 67.9 Å². The number of hydrogen-bond acceptors (Lipinski definition) is 4. The van der Waals surface area contributed by atoms with Crippen LogP contribution in [0.15, 0.2) is 22.8 Å². The summed E-state index contributed by atoms with van der Waals surface area (Å²) in [4.78, 5) is 15.3. The first-order chi connectivity index (χ1) is 12.3. The van der Waals surface area contributed by atoms with Gasteiger partial charge in [-0.25, -0.2) is 0 Å². The van der Waals surface area contributed by atoms with Crippen molar-refractivity contribution in [1.29, 1.82) is 0 Å². The molecule has 1 amide bonds. The smallest absolute Gasteiger partial charge is 0.227 e. The summed E-state index contributed by atoms with van der Waals surface area (Å²) in [6.45, 7) is 1.84. The van der Waals surface area contributed by atoms with Crippen molar-refractivity contribution < 1.29 is 9.21 Å². The maximum atomic E-state index is 13.2. The van der Waals surface area contributed by atoms with Crippen molar-refractivity contribution in [3.05, 3.63) is 35.8 Å². The van der Waals surface area contributed by atoms with E-state index in [9.17, 15) is 4.79 Å². The van der Waals surface area contributed by atoms with E-state index < -0.39 is 0 Å². The number of aryl methyl sites for hydroxylation is 1. The molecule has 2 aromatic heterocycles. The number of nitrogens with zero attached hydrogens (tertiary/aromatic N) is 4. The number of fused-ring (bicyclic) bond motifs is 1. The van der Waals surface area contributed by atoms with Gasteiger partial charge in [-0.1, -0.05) is 0 Å². The third-order valence-corrected chi connectivity index (χ3v) is 5.99. The Kier molecular flexibility index (Phi) is 3.64. The van der Waals surface area contributed by atoms with Gasteiger partial charge in [0.2, 0.25) is 5.91 Å². The molecular formula is C19H24N4O2. The summed E-state index contributed by atoms with van der Waals surface area (Å²) < 4.78 is 7.78. The highest BCUT2D eigenvalue weighted by molar-refractivity contribution is 5.83. The van der Waals surface area contributed by atoms with Crippen molar-refractivity contribution in [2.45, 2.75) is 63.5 Å². The molecule has 0 N–H and O–H groups in total. The second kappa shape index (κ2) is 6.00. The Morgan fingerprint density at radius 1 is 1.16 bits per heavy atom. The summed E-state index contributed by atoms with van der Waals surface area (Å²) in [6, 6.07) is 3.99. The van der Waals surface area contributed by atoms with Gasteiger partial charge in [0.05, 0.1) is 12.3 Å². The molecule has 2 aliphatic heterocycles. The van der Waals surface area contributed by atoms with Crippen molar-refractivity contribution in [3.8, 4) is 0 Å². The molecule has 5 rings (SSSR count). The van der Waals surface area contributed by atoms with E-state index in [2.05, 4.69) is 19.7 Å². The molecule has 2 aromatic rings. The number of aromatic nitrogens is 3. The lowest BCUT2D eigenvalue weighted by molar-refractivity contribution is -0.136. The van der Waals surface area contributed by atoms with Crippen LogP contribution in [0.4, 0.5) is 0 Å². The molecular weight excluding hydrogens is 316 g/mol. The summed E-state index contributed by atoms with van der Waals surface area (Å²) >= 11 is 0. The van der Waals surface area contributed by atoms with Crippen LogP contribution in [-0.4, -0.2) is 32.1 Å². The number of hydrogen-bond donors (Lipinski definition) is 0. The maximum absolute atomic E-state index is 13.2. The van der Waals surface area contributed by atoms with Gasteiger partial charge in [-0.15, -0.1) is 10.2 Å². The topological polar surface area (TPSA) is 64.2 Å². The van der Waals surface area contributed by atoms with Gasteiger partial charge in [-0.05, 0) is 50.7 Å². The van der Waals surface area contributed by atoms with E-state index in [4.69, 9.17) is 4.42 Å². The summed E-state index contributed by atoms with van der Waals surface area (Å²) in [5.41, 5.74) is 0. The highest BCUT2D eigenvalue weighted by Crippen LogP contribution is 2.50. The Bertz CT molecular complexity index is 766. The van der Waals surface area contributed by atoms with Crippen LogP contribution in [0.5, 0.6) is 0 Å². The first-order valence-corrected chi connectivity index (χ1v) is 9.59. The van der Waals surface area contributed by atoms with E-state index in [-0.39, 0.29) is 23.8 Å². The predicted molar refractivity (Wildman–Crippen MR) is 90.8 cm³/mol. The number of furan rings is 1. The van der Waals surface area contributed by atoms with Gasteiger partial charge in [0.1, 0.15) is 11.6 Å². The average molecular weight is 340 g/mol. The molecule has 132 valence electrons. The van der Waals surface area contributed by atoms with Crippen molar-refractivity contribution in [2.24, 2.45) is 5.92 Å². The number of carbonyl (C=O) groups is 1. The first-order valence-electron chi connectivity index (χ1n) is 9.59. The maximum Gasteiger partial charge on any atom is 0.227 e. The van der Waals surface area contributed by atoms with E-state index in [1.54, 1.807) is 6.26 Å². The standard InChI is InChI=1S/C19H24N4O2/c24-19(14-12-13(14)16-7-5-11-25-16)22-9-3-1-6-15(22)18-21-20-17-8-2-4-10-23(17)18/h5,7,11,13-15H,1-4,6,8-10,12H2/t13-,14+,15+/m0/s1. The third kappa shape index (κ3) is 2.58. The van der Waals surface area contributed by atoms with E-state index in [0.717, 1.165) is 62.6 Å². The molecule has 4 heterocycles. The lowest BCUT2D eigenvalue weighted by atomic mass is 9.99. The lowest BCUT2D eigenvalue weighted by Gasteiger charge is -2.36. The fraction of sp³-hybridized carbons (Fsp3) is 0.632. The third-order valence-electron chi connectivity index (χ3n) is 5.99. The largest absolute Gasteiger partial charge is 0.469 e. The van der Waals surface area contributed by atoms with E-state index in [1.165, 1.54) is 12.8 Å². The molecule has 0 bridgehead atoms. The van der Waals surface area contributed by atoms with Crippen LogP contribution >= 0.6 is 0 Å². The van der Waals surface area contributed by atoms with Crippen LogP contribution < -0.4 is 0 Å². The second-order valence-electron chi connectivity index (χ2n) is 7.59. The van der Waals surface area contributed by atoms with Crippen LogP contribution in [0.25, 0.3) is 0 Å². The molecule has 2 fully saturated rings. The normalized spacial score (nSPS) is 28.6. The van der Waals surface area contributed by atoms with Crippen LogP contribution in [0, 0.1) is 5.92 Å². The summed E-state index contributed by atoms with van der Waals surface area (Å²) in [5.74, 6) is 3.68. The van der Waals surface area contributed by atoms with E-state index >= 15 is 0 Å². The van der Waals surface area contributed by atoms with Crippen molar-refractivity contribution in [3.63, 3.8) is 0 Å². The number of likely N-dealkylation sites (tertiary alicyclic amines) is 1. The van der Waals surface area contributed by atoms with E-state index in [1.807, 2.05) is 12.1 Å². The van der Waals surface area contributed by atoms with E-state index in [0.29, 0.717) is 0 Å². The molecule has 0 aromatic carbocycles. The lowest BCUT2D eigenvalue weighted by Crippen LogP contribution is -2.41. The fourth-order valence-corrected chi connectivity index (χ4v) is 4.54. The van der Waals surface area contributed by atoms with Gasteiger partial charge in [0.25, 0.3) is 0 Å². The Morgan fingerprint density at radius 3 is 2.96 bits per heavy atom. The number of carbonyl (C=O) groups excluding carboxylic acids is 1. The zero-order chi connectivity index (χ0) is 16.8. The van der Waals surface area contributed by atoms with Crippen molar-refractivity contribution in [1.82, 2.24) is 19.7 Å². The Labute approximate surface area is 147 Å². The molecule has 3 aliphatic rings. The van der Waals surface area contributed by atoms with Gasteiger partial charge < -0.3 is 13.9 Å². The molecule has 6 heteroatoms. The number of piperidine rings is 1. The zero-order valence-corrected chi connectivity index (χ0v) is 14.4. The molecule has 0 unspecified atom stereocenters. The monoisotopic (exact) mass is 340 g/mol. The fourth-order valence-electron chi connectivity index (χ4n) is 4.54. The molecule has 1 saturated carbocycles. The molecule has 1 saturated heterocycles. The Hall–Kier alpha value is -2.11. The quantitative estimate of drug-likeness (QED) is 0.861. The molecule has 6 nitrogen and oxygen atoms in total. The summed E-state index contributed by atoms with van der Waals surface area (Å²) in [7, 11) is 0. The van der Waals surface area contributed by atoms with Crippen LogP contribution in [0.3, 0.4) is 0 Å². The Morgan fingerprint density at radius 2 is 2.08 bits per heavy atom. The Balaban J connectivity index is 1.38. The number of rotatable bonds is 3. The molecule has 3 atom stereocenters.